The molecule has 0 amide bonds. The second-order valence-electron chi connectivity index (χ2n) is 7.75. The first-order chi connectivity index (χ1) is 13.7. The van der Waals surface area contributed by atoms with E-state index in [0.717, 1.165) is 30.5 Å². The van der Waals surface area contributed by atoms with Crippen LogP contribution in [-0.2, 0) is 6.42 Å². The zero-order valence-corrected chi connectivity index (χ0v) is 18.2. The molecule has 1 saturated heterocycles. The van der Waals surface area contributed by atoms with E-state index >= 15 is 0 Å². The quantitative estimate of drug-likeness (QED) is 0.438. The molecule has 3 aromatic rings. The smallest absolute Gasteiger partial charge is 0.0446 e. The van der Waals surface area contributed by atoms with Crippen LogP contribution in [0.25, 0.3) is 10.8 Å². The predicted octanol–water partition coefficient (Wildman–Crippen LogP) is 6.14. The van der Waals surface area contributed by atoms with Crippen LogP contribution in [0.15, 0.2) is 71.2 Å². The summed E-state index contributed by atoms with van der Waals surface area (Å²) in [5.41, 5.74) is 2.76. The predicted molar refractivity (Wildman–Crippen MR) is 124 cm³/mol. The summed E-state index contributed by atoms with van der Waals surface area (Å²) in [6.07, 6.45) is 3.70. The van der Waals surface area contributed by atoms with Crippen LogP contribution in [0, 0.1) is 0 Å². The van der Waals surface area contributed by atoms with Gasteiger partial charge < -0.3 is 4.90 Å². The molecule has 4 rings (SSSR count). The molecule has 1 unspecified atom stereocenters. The van der Waals surface area contributed by atoms with Crippen molar-refractivity contribution >= 4 is 32.4 Å². The Balaban J connectivity index is 1.62. The summed E-state index contributed by atoms with van der Waals surface area (Å²) >= 11 is 3.61. The molecule has 2 nitrogen and oxygen atoms in total. The SMILES string of the molecule is CCN1CCCC1CN(CCc1cccc(Br)c1)c1cccc2ccccc12. The van der Waals surface area contributed by atoms with E-state index in [-0.39, 0.29) is 0 Å². The molecule has 1 aliphatic rings. The molecule has 0 saturated carbocycles. The van der Waals surface area contributed by atoms with Gasteiger partial charge in [0.2, 0.25) is 0 Å². The lowest BCUT2D eigenvalue weighted by molar-refractivity contribution is 0.269. The van der Waals surface area contributed by atoms with Gasteiger partial charge >= 0.3 is 0 Å². The van der Waals surface area contributed by atoms with Crippen LogP contribution in [0.3, 0.4) is 0 Å². The highest BCUT2D eigenvalue weighted by Gasteiger charge is 2.25. The van der Waals surface area contributed by atoms with Crippen LogP contribution >= 0.6 is 15.9 Å². The van der Waals surface area contributed by atoms with Crippen molar-refractivity contribution in [2.24, 2.45) is 0 Å². The van der Waals surface area contributed by atoms with E-state index in [9.17, 15) is 0 Å². The summed E-state index contributed by atoms with van der Waals surface area (Å²) in [5, 5.41) is 2.69. The Labute approximate surface area is 177 Å². The average Bonchev–Trinajstić information content (AvgIpc) is 3.18. The summed E-state index contributed by atoms with van der Waals surface area (Å²) in [5.74, 6) is 0. The molecular formula is C25H29BrN2. The maximum atomic E-state index is 3.61. The van der Waals surface area contributed by atoms with Gasteiger partial charge in [-0.15, -0.1) is 0 Å². The van der Waals surface area contributed by atoms with Crippen molar-refractivity contribution in [3.63, 3.8) is 0 Å². The number of nitrogens with zero attached hydrogens (tertiary/aromatic N) is 2. The van der Waals surface area contributed by atoms with E-state index in [1.165, 1.54) is 41.4 Å². The summed E-state index contributed by atoms with van der Waals surface area (Å²) in [6.45, 7) is 6.84. The van der Waals surface area contributed by atoms with Gasteiger partial charge in [-0.2, -0.15) is 0 Å². The summed E-state index contributed by atoms with van der Waals surface area (Å²) in [7, 11) is 0. The zero-order chi connectivity index (χ0) is 19.3. The lowest BCUT2D eigenvalue weighted by Gasteiger charge is -2.32. The summed E-state index contributed by atoms with van der Waals surface area (Å²) in [4.78, 5) is 5.28. The topological polar surface area (TPSA) is 6.48 Å². The van der Waals surface area contributed by atoms with Gasteiger partial charge in [0.25, 0.3) is 0 Å². The van der Waals surface area contributed by atoms with E-state index in [2.05, 4.69) is 99.4 Å². The normalized spacial score (nSPS) is 17.3. The largest absolute Gasteiger partial charge is 0.369 e. The molecule has 0 spiro atoms. The van der Waals surface area contributed by atoms with Gasteiger partial charge in [0.15, 0.2) is 0 Å². The fourth-order valence-electron chi connectivity index (χ4n) is 4.52. The number of fused-ring (bicyclic) bond motifs is 1. The molecule has 146 valence electrons. The van der Waals surface area contributed by atoms with Crippen molar-refractivity contribution in [1.29, 1.82) is 0 Å². The Bertz CT molecular complexity index is 918. The number of hydrogen-bond acceptors (Lipinski definition) is 2. The van der Waals surface area contributed by atoms with Crippen molar-refractivity contribution in [2.45, 2.75) is 32.2 Å². The maximum Gasteiger partial charge on any atom is 0.0446 e. The number of likely N-dealkylation sites (N-methyl/N-ethyl adjacent to an activating group) is 1. The van der Waals surface area contributed by atoms with Gasteiger partial charge in [-0.1, -0.05) is 71.4 Å². The Kier molecular flexibility index (Phi) is 6.33. The minimum absolute atomic E-state index is 0.659. The molecule has 0 aliphatic carbocycles. The third kappa shape index (κ3) is 4.42. The van der Waals surface area contributed by atoms with Crippen molar-refractivity contribution < 1.29 is 0 Å². The van der Waals surface area contributed by atoms with Crippen molar-refractivity contribution in [3.8, 4) is 0 Å². The number of hydrogen-bond donors (Lipinski definition) is 0. The Morgan fingerprint density at radius 3 is 2.71 bits per heavy atom. The minimum Gasteiger partial charge on any atom is -0.369 e. The van der Waals surface area contributed by atoms with Crippen LogP contribution < -0.4 is 4.90 Å². The monoisotopic (exact) mass is 436 g/mol. The number of anilines is 1. The molecule has 0 N–H and O–H groups in total. The molecule has 1 fully saturated rings. The highest BCUT2D eigenvalue weighted by Crippen LogP contribution is 2.29. The molecule has 3 heteroatoms. The standard InChI is InChI=1S/C25H29BrN2/c1-2-27-16-7-12-23(27)19-28(17-15-20-8-5-11-22(26)18-20)25-14-6-10-21-9-3-4-13-24(21)25/h3-6,8-11,13-14,18,23H,2,7,12,15-17,19H2,1H3. The Morgan fingerprint density at radius 2 is 1.86 bits per heavy atom. The van der Waals surface area contributed by atoms with Crippen LogP contribution in [0.4, 0.5) is 5.69 Å². The van der Waals surface area contributed by atoms with Gasteiger partial charge in [0.05, 0.1) is 0 Å². The third-order valence-corrected chi connectivity index (χ3v) is 6.50. The first-order valence-corrected chi connectivity index (χ1v) is 11.2. The molecular weight excluding hydrogens is 408 g/mol. The second kappa shape index (κ2) is 9.11. The zero-order valence-electron chi connectivity index (χ0n) is 16.7. The lowest BCUT2D eigenvalue weighted by Crippen LogP contribution is -2.41. The van der Waals surface area contributed by atoms with Crippen LogP contribution in [0.5, 0.6) is 0 Å². The average molecular weight is 437 g/mol. The molecule has 0 aromatic heterocycles. The lowest BCUT2D eigenvalue weighted by atomic mass is 10.1. The van der Waals surface area contributed by atoms with Gasteiger partial charge in [-0.25, -0.2) is 0 Å². The maximum absolute atomic E-state index is 3.61. The van der Waals surface area contributed by atoms with Gasteiger partial charge in [-0.3, -0.25) is 4.90 Å². The van der Waals surface area contributed by atoms with Crippen molar-refractivity contribution in [3.05, 3.63) is 76.8 Å². The molecule has 0 bridgehead atoms. The second-order valence-corrected chi connectivity index (χ2v) is 8.66. The van der Waals surface area contributed by atoms with Gasteiger partial charge in [0.1, 0.15) is 0 Å². The highest BCUT2D eigenvalue weighted by molar-refractivity contribution is 9.10. The number of rotatable bonds is 7. The van der Waals surface area contributed by atoms with Crippen molar-refractivity contribution in [2.75, 3.05) is 31.1 Å². The van der Waals surface area contributed by atoms with Crippen molar-refractivity contribution in [1.82, 2.24) is 4.90 Å². The van der Waals surface area contributed by atoms with E-state index < -0.39 is 0 Å². The number of benzene rings is 3. The third-order valence-electron chi connectivity index (χ3n) is 6.00. The van der Waals surface area contributed by atoms with Gasteiger partial charge in [0, 0.05) is 34.7 Å². The van der Waals surface area contributed by atoms with Gasteiger partial charge in [-0.05, 0) is 61.5 Å². The molecule has 1 heterocycles. The van der Waals surface area contributed by atoms with E-state index in [0.29, 0.717) is 6.04 Å². The molecule has 3 aromatic carbocycles. The molecule has 1 atom stereocenters. The first kappa shape index (κ1) is 19.5. The van der Waals surface area contributed by atoms with Crippen LogP contribution in [0.2, 0.25) is 0 Å². The highest BCUT2D eigenvalue weighted by atomic mass is 79.9. The summed E-state index contributed by atoms with van der Waals surface area (Å²) < 4.78 is 1.16. The van der Waals surface area contributed by atoms with E-state index in [1.807, 2.05) is 0 Å². The molecule has 1 aliphatic heterocycles. The van der Waals surface area contributed by atoms with E-state index in [4.69, 9.17) is 0 Å². The Hall–Kier alpha value is -1.84. The Morgan fingerprint density at radius 1 is 1.04 bits per heavy atom. The van der Waals surface area contributed by atoms with Crippen LogP contribution in [-0.4, -0.2) is 37.1 Å². The number of halogens is 1. The number of likely N-dealkylation sites (tertiary alicyclic amines) is 1. The van der Waals surface area contributed by atoms with Crippen LogP contribution in [0.1, 0.15) is 25.3 Å². The summed E-state index contributed by atoms with van der Waals surface area (Å²) in [6, 6.07) is 24.9. The fourth-order valence-corrected chi connectivity index (χ4v) is 4.97. The minimum atomic E-state index is 0.659. The molecule has 28 heavy (non-hydrogen) atoms. The first-order valence-electron chi connectivity index (χ1n) is 10.5. The fraction of sp³-hybridized carbons (Fsp3) is 0.360. The van der Waals surface area contributed by atoms with E-state index in [1.54, 1.807) is 0 Å². The molecule has 0 radical (unpaired) electrons.